The number of carbonyl (C=O) groups excluding carboxylic acids is 3. The number of benzene rings is 1. The Bertz CT molecular complexity index is 1080. The number of carbonyl (C=O) groups is 3. The van der Waals surface area contributed by atoms with Crippen molar-refractivity contribution in [1.29, 1.82) is 5.26 Å². The summed E-state index contributed by atoms with van der Waals surface area (Å²) in [7, 11) is 0. The molecule has 3 N–H and O–H groups in total. The summed E-state index contributed by atoms with van der Waals surface area (Å²) in [5.41, 5.74) is 1.39. The van der Waals surface area contributed by atoms with E-state index in [-0.39, 0.29) is 25.3 Å². The number of halogens is 3. The highest BCUT2D eigenvalue weighted by atomic mass is 35.5. The number of nitrogens with zero attached hydrogens (tertiary/aromatic N) is 2. The highest BCUT2D eigenvalue weighted by Gasteiger charge is 2.60. The Kier molecular flexibility index (Phi) is 7.69. The van der Waals surface area contributed by atoms with Gasteiger partial charge in [0.2, 0.25) is 17.7 Å². The predicted molar refractivity (Wildman–Crippen MR) is 129 cm³/mol. The van der Waals surface area contributed by atoms with Gasteiger partial charge in [-0.15, -0.1) is 0 Å². The van der Waals surface area contributed by atoms with Gasteiger partial charge in [-0.3, -0.25) is 14.4 Å². The number of alkyl halides is 2. The first kappa shape index (κ1) is 26.1. The first-order valence-corrected chi connectivity index (χ1v) is 12.7. The van der Waals surface area contributed by atoms with Crippen LogP contribution < -0.4 is 16.0 Å². The molecule has 0 unspecified atom stereocenters. The summed E-state index contributed by atoms with van der Waals surface area (Å²) in [6, 6.07) is 4.00. The number of piperidine rings is 3. The van der Waals surface area contributed by atoms with Crippen molar-refractivity contribution in [3.05, 3.63) is 28.8 Å². The fourth-order valence-corrected chi connectivity index (χ4v) is 5.85. The SMILES string of the molecule is Cc1c(Cl)cccc1NCC(=O)N1[C@H]2CC[C@@H]([C@@H]1C(=O)N[C@@H](C#N)C[C@H]1CCCNC1=O)C(F)(F)C2. The quantitative estimate of drug-likeness (QED) is 0.510. The zero-order valence-corrected chi connectivity index (χ0v) is 20.8. The van der Waals surface area contributed by atoms with Gasteiger partial charge < -0.3 is 20.9 Å². The van der Waals surface area contributed by atoms with Crippen LogP contribution in [-0.2, 0) is 14.4 Å². The molecule has 3 amide bonds. The summed E-state index contributed by atoms with van der Waals surface area (Å²) in [5, 5.41) is 18.4. The van der Waals surface area contributed by atoms with Gasteiger partial charge in [-0.2, -0.15) is 5.26 Å². The zero-order chi connectivity index (χ0) is 26.0. The van der Waals surface area contributed by atoms with Gasteiger partial charge >= 0.3 is 0 Å². The van der Waals surface area contributed by atoms with Crippen LogP contribution in [0.4, 0.5) is 14.5 Å². The summed E-state index contributed by atoms with van der Waals surface area (Å²) in [6.07, 6.45) is 1.45. The van der Waals surface area contributed by atoms with E-state index >= 15 is 0 Å². The van der Waals surface area contributed by atoms with Gasteiger partial charge in [-0.25, -0.2) is 8.78 Å². The number of hydrogen-bond acceptors (Lipinski definition) is 5. The van der Waals surface area contributed by atoms with E-state index in [9.17, 15) is 28.4 Å². The number of amides is 3. The van der Waals surface area contributed by atoms with Gasteiger partial charge in [0.05, 0.1) is 18.5 Å². The van der Waals surface area contributed by atoms with Crippen molar-refractivity contribution < 1.29 is 23.2 Å². The summed E-state index contributed by atoms with van der Waals surface area (Å²) < 4.78 is 29.7. The molecule has 4 fully saturated rings. The minimum Gasteiger partial charge on any atom is -0.376 e. The van der Waals surface area contributed by atoms with Crippen molar-refractivity contribution in [3.8, 4) is 6.07 Å². The predicted octanol–water partition coefficient (Wildman–Crippen LogP) is 3.00. The van der Waals surface area contributed by atoms with Crippen LogP contribution in [0.25, 0.3) is 0 Å². The molecule has 1 aromatic rings. The Labute approximate surface area is 213 Å². The molecule has 5 rings (SSSR count). The van der Waals surface area contributed by atoms with Crippen molar-refractivity contribution in [3.63, 3.8) is 0 Å². The highest BCUT2D eigenvalue weighted by Crippen LogP contribution is 2.49. The molecule has 8 nitrogen and oxygen atoms in total. The Morgan fingerprint density at radius 2 is 2.11 bits per heavy atom. The second-order valence-corrected chi connectivity index (χ2v) is 10.3. The van der Waals surface area contributed by atoms with Crippen LogP contribution in [0, 0.1) is 30.1 Å². The first-order chi connectivity index (χ1) is 17.1. The van der Waals surface area contributed by atoms with Crippen LogP contribution in [0.2, 0.25) is 5.02 Å². The lowest BCUT2D eigenvalue weighted by molar-refractivity contribution is -0.193. The maximum atomic E-state index is 14.9. The smallest absolute Gasteiger partial charge is 0.255 e. The molecular weight excluding hydrogens is 492 g/mol. The van der Waals surface area contributed by atoms with Gasteiger partial charge in [0.15, 0.2) is 0 Å². The normalized spacial score (nSPS) is 27.5. The monoisotopic (exact) mass is 521 g/mol. The molecule has 3 heterocycles. The number of nitriles is 1. The molecule has 1 saturated carbocycles. The summed E-state index contributed by atoms with van der Waals surface area (Å²) in [6.45, 7) is 2.17. The molecule has 0 spiro atoms. The molecule has 1 aromatic carbocycles. The third-order valence-electron chi connectivity index (χ3n) is 7.58. The topological polar surface area (TPSA) is 114 Å². The third-order valence-corrected chi connectivity index (χ3v) is 7.99. The summed E-state index contributed by atoms with van der Waals surface area (Å²) in [5.74, 6) is -6.30. The Morgan fingerprint density at radius 3 is 2.81 bits per heavy atom. The Hall–Kier alpha value is -2.93. The van der Waals surface area contributed by atoms with E-state index in [0.717, 1.165) is 12.0 Å². The number of hydrogen-bond donors (Lipinski definition) is 3. The van der Waals surface area contributed by atoms with Crippen LogP contribution in [0.15, 0.2) is 18.2 Å². The molecular formula is C25H30ClF2N5O3. The van der Waals surface area contributed by atoms with Crippen molar-refractivity contribution >= 4 is 35.0 Å². The second-order valence-electron chi connectivity index (χ2n) is 9.87. The van der Waals surface area contributed by atoms with Crippen molar-refractivity contribution in [2.75, 3.05) is 18.4 Å². The largest absolute Gasteiger partial charge is 0.376 e. The molecule has 3 saturated heterocycles. The molecule has 11 heteroatoms. The fourth-order valence-electron chi connectivity index (χ4n) is 5.67. The zero-order valence-electron chi connectivity index (χ0n) is 20.0. The Balaban J connectivity index is 1.50. The van der Waals surface area contributed by atoms with Crippen molar-refractivity contribution in [2.24, 2.45) is 11.8 Å². The first-order valence-electron chi connectivity index (χ1n) is 12.3. The molecule has 1 aliphatic carbocycles. The number of anilines is 1. The van der Waals surface area contributed by atoms with E-state index in [0.29, 0.717) is 30.1 Å². The molecule has 2 bridgehead atoms. The van der Waals surface area contributed by atoms with Gasteiger partial charge in [0.1, 0.15) is 12.1 Å². The summed E-state index contributed by atoms with van der Waals surface area (Å²) in [4.78, 5) is 40.0. The minimum absolute atomic E-state index is 0.0921. The molecule has 36 heavy (non-hydrogen) atoms. The number of nitrogens with one attached hydrogen (secondary N) is 3. The number of rotatable bonds is 7. The number of fused-ring (bicyclic) bond motifs is 3. The van der Waals surface area contributed by atoms with Crippen molar-refractivity contribution in [1.82, 2.24) is 15.5 Å². The van der Waals surface area contributed by atoms with E-state index in [1.54, 1.807) is 25.1 Å². The molecule has 0 aromatic heterocycles. The van der Waals surface area contributed by atoms with E-state index in [2.05, 4.69) is 16.0 Å². The molecule has 4 aliphatic rings. The Morgan fingerprint density at radius 1 is 1.33 bits per heavy atom. The lowest BCUT2D eigenvalue weighted by Gasteiger charge is -2.53. The maximum Gasteiger partial charge on any atom is 0.255 e. The van der Waals surface area contributed by atoms with Gasteiger partial charge in [0.25, 0.3) is 5.92 Å². The van der Waals surface area contributed by atoms with Gasteiger partial charge in [-0.05, 0) is 56.7 Å². The van der Waals surface area contributed by atoms with Gasteiger partial charge in [-0.1, -0.05) is 17.7 Å². The van der Waals surface area contributed by atoms with Crippen LogP contribution in [0.1, 0.15) is 44.1 Å². The third kappa shape index (κ3) is 5.26. The van der Waals surface area contributed by atoms with Gasteiger partial charge in [0, 0.05) is 35.6 Å². The maximum absolute atomic E-state index is 14.9. The molecule has 3 aliphatic heterocycles. The average molecular weight is 522 g/mol. The van der Waals surface area contributed by atoms with Crippen LogP contribution in [0.3, 0.4) is 0 Å². The fraction of sp³-hybridized carbons (Fsp3) is 0.600. The molecule has 194 valence electrons. The lowest BCUT2D eigenvalue weighted by Crippen LogP contribution is -2.69. The molecule has 0 radical (unpaired) electrons. The van der Waals surface area contributed by atoms with Crippen molar-refractivity contribution in [2.45, 2.75) is 69.5 Å². The van der Waals surface area contributed by atoms with E-state index in [1.807, 2.05) is 6.07 Å². The van der Waals surface area contributed by atoms with E-state index < -0.39 is 54.1 Å². The average Bonchev–Trinajstić information content (AvgIpc) is 2.84. The standard InChI is InChI=1S/C25H30ClF2N5O3/c1-14-19(26)5-2-6-20(14)31-13-21(34)33-17-7-8-18(25(27,28)11-17)22(33)24(36)32-16(12-29)10-15-4-3-9-30-23(15)35/h2,5-6,15-18,22,31H,3-4,7-11,13H2,1H3,(H,30,35)(H,32,36)/t15-,16-,17+,18+,22-/m1/s1. The molecule has 5 atom stereocenters. The highest BCUT2D eigenvalue weighted by molar-refractivity contribution is 6.31. The second kappa shape index (κ2) is 10.6. The van der Waals surface area contributed by atoms with Crippen LogP contribution in [-0.4, -0.2) is 59.8 Å². The van der Waals surface area contributed by atoms with E-state index in [1.165, 1.54) is 4.90 Å². The summed E-state index contributed by atoms with van der Waals surface area (Å²) >= 11 is 6.14. The minimum atomic E-state index is -3.09. The van der Waals surface area contributed by atoms with Crippen LogP contribution in [0.5, 0.6) is 0 Å². The van der Waals surface area contributed by atoms with E-state index in [4.69, 9.17) is 11.6 Å². The lowest BCUT2D eigenvalue weighted by atomic mass is 9.71. The van der Waals surface area contributed by atoms with Crippen LogP contribution >= 0.6 is 11.6 Å².